The average molecular weight is 368 g/mol. The molecule has 0 unspecified atom stereocenters. The standard InChI is InChI=1S/C22H24O5/c1-11-6-7-15-13(8-11)18-19(23)14-9-12(25-4)10-16(26-5)17(14)20(24)21(18)27-22(15,2)3/h8-10,13,15H,6-7H2,1-5H3/t13-,15+/m1/s1. The van der Waals surface area contributed by atoms with Gasteiger partial charge in [-0.2, -0.15) is 0 Å². The molecule has 0 amide bonds. The minimum absolute atomic E-state index is 0.112. The summed E-state index contributed by atoms with van der Waals surface area (Å²) in [5, 5.41) is 0. The first-order valence-corrected chi connectivity index (χ1v) is 9.24. The van der Waals surface area contributed by atoms with Crippen molar-refractivity contribution in [3.05, 3.63) is 46.2 Å². The molecular weight excluding hydrogens is 344 g/mol. The zero-order chi connectivity index (χ0) is 19.5. The molecule has 0 radical (unpaired) electrons. The van der Waals surface area contributed by atoms with E-state index >= 15 is 0 Å². The maximum Gasteiger partial charge on any atom is 0.232 e. The van der Waals surface area contributed by atoms with Crippen molar-refractivity contribution < 1.29 is 23.8 Å². The van der Waals surface area contributed by atoms with Crippen LogP contribution in [-0.4, -0.2) is 31.4 Å². The van der Waals surface area contributed by atoms with Crippen molar-refractivity contribution in [2.75, 3.05) is 14.2 Å². The number of carbonyl (C=O) groups is 2. The lowest BCUT2D eigenvalue weighted by Gasteiger charge is -2.47. The van der Waals surface area contributed by atoms with E-state index in [9.17, 15) is 9.59 Å². The first-order chi connectivity index (χ1) is 12.8. The summed E-state index contributed by atoms with van der Waals surface area (Å²) < 4.78 is 16.9. The van der Waals surface area contributed by atoms with E-state index in [-0.39, 0.29) is 34.7 Å². The Morgan fingerprint density at radius 3 is 2.52 bits per heavy atom. The molecule has 2 atom stereocenters. The molecule has 0 fully saturated rings. The maximum absolute atomic E-state index is 13.5. The van der Waals surface area contributed by atoms with E-state index in [0.717, 1.165) is 12.8 Å². The monoisotopic (exact) mass is 368 g/mol. The SMILES string of the molecule is COc1cc(OC)c2c(c1)C(=O)C1=C(OC(C)(C)[C@H]3CCC(C)=C[C@@H]13)C2=O. The summed E-state index contributed by atoms with van der Waals surface area (Å²) in [4.78, 5) is 26.8. The van der Waals surface area contributed by atoms with Gasteiger partial charge in [-0.15, -0.1) is 0 Å². The van der Waals surface area contributed by atoms with Crippen molar-refractivity contribution in [1.29, 1.82) is 0 Å². The third-order valence-electron chi connectivity index (χ3n) is 6.04. The van der Waals surface area contributed by atoms with Crippen molar-refractivity contribution in [2.24, 2.45) is 11.8 Å². The highest BCUT2D eigenvalue weighted by molar-refractivity contribution is 6.27. The number of allylic oxidation sites excluding steroid dienone is 4. The van der Waals surface area contributed by atoms with Crippen LogP contribution in [0.1, 0.15) is 54.3 Å². The molecule has 1 heterocycles. The predicted octanol–water partition coefficient (Wildman–Crippen LogP) is 4.12. The fraction of sp³-hybridized carbons (Fsp3) is 0.455. The summed E-state index contributed by atoms with van der Waals surface area (Å²) in [5.41, 5.74) is 1.79. The van der Waals surface area contributed by atoms with Gasteiger partial charge in [0.25, 0.3) is 0 Å². The second-order valence-electron chi connectivity index (χ2n) is 8.04. The molecule has 0 N–H and O–H groups in total. The zero-order valence-corrected chi connectivity index (χ0v) is 16.3. The predicted molar refractivity (Wildman–Crippen MR) is 100 cm³/mol. The number of carbonyl (C=O) groups excluding carboxylic acids is 2. The minimum atomic E-state index is -0.520. The van der Waals surface area contributed by atoms with Gasteiger partial charge < -0.3 is 14.2 Å². The molecule has 5 nitrogen and oxygen atoms in total. The Kier molecular flexibility index (Phi) is 3.95. The third-order valence-corrected chi connectivity index (χ3v) is 6.04. The summed E-state index contributed by atoms with van der Waals surface area (Å²) in [6, 6.07) is 3.24. The summed E-state index contributed by atoms with van der Waals surface area (Å²) in [5.74, 6) is 0.571. The first kappa shape index (κ1) is 17.8. The lowest BCUT2D eigenvalue weighted by molar-refractivity contribution is -0.0493. The van der Waals surface area contributed by atoms with E-state index in [0.29, 0.717) is 22.6 Å². The van der Waals surface area contributed by atoms with E-state index in [1.165, 1.54) is 19.8 Å². The number of rotatable bonds is 2. The van der Waals surface area contributed by atoms with Gasteiger partial charge >= 0.3 is 0 Å². The largest absolute Gasteiger partial charge is 0.497 e. The van der Waals surface area contributed by atoms with Gasteiger partial charge in [0.05, 0.1) is 25.4 Å². The fourth-order valence-corrected chi connectivity index (χ4v) is 4.64. The summed E-state index contributed by atoms with van der Waals surface area (Å²) in [6.07, 6.45) is 4.06. The van der Waals surface area contributed by atoms with Crippen LogP contribution in [0, 0.1) is 11.8 Å². The highest BCUT2D eigenvalue weighted by atomic mass is 16.5. The van der Waals surface area contributed by atoms with Crippen molar-refractivity contribution in [3.8, 4) is 11.5 Å². The number of ketones is 2. The van der Waals surface area contributed by atoms with Gasteiger partial charge in [0.15, 0.2) is 11.5 Å². The number of fused-ring (bicyclic) bond motifs is 3. The normalized spacial score (nSPS) is 25.7. The van der Waals surface area contributed by atoms with Crippen LogP contribution < -0.4 is 9.47 Å². The van der Waals surface area contributed by atoms with Crippen LogP contribution in [0.4, 0.5) is 0 Å². The van der Waals surface area contributed by atoms with Gasteiger partial charge in [-0.3, -0.25) is 9.59 Å². The average Bonchev–Trinajstić information content (AvgIpc) is 2.64. The van der Waals surface area contributed by atoms with Crippen LogP contribution in [0.3, 0.4) is 0 Å². The van der Waals surface area contributed by atoms with E-state index in [2.05, 4.69) is 13.0 Å². The molecule has 0 bridgehead atoms. The molecule has 1 aromatic rings. The number of Topliss-reactive ketones (excluding diaryl/α,β-unsaturated/α-hetero) is 2. The Labute approximate surface area is 159 Å². The molecule has 1 aliphatic heterocycles. The summed E-state index contributed by atoms with van der Waals surface area (Å²) >= 11 is 0. The second kappa shape index (κ2) is 5.98. The zero-order valence-electron chi connectivity index (χ0n) is 16.3. The number of hydrogen-bond acceptors (Lipinski definition) is 5. The molecule has 5 heteroatoms. The van der Waals surface area contributed by atoms with Crippen molar-refractivity contribution >= 4 is 11.6 Å². The van der Waals surface area contributed by atoms with Crippen LogP contribution >= 0.6 is 0 Å². The van der Waals surface area contributed by atoms with Gasteiger partial charge in [0, 0.05) is 23.5 Å². The summed E-state index contributed by atoms with van der Waals surface area (Å²) in [7, 11) is 3.00. The fourth-order valence-electron chi connectivity index (χ4n) is 4.64. The molecule has 1 aromatic carbocycles. The van der Waals surface area contributed by atoms with E-state index < -0.39 is 5.60 Å². The summed E-state index contributed by atoms with van der Waals surface area (Å²) in [6.45, 7) is 6.08. The quantitative estimate of drug-likeness (QED) is 0.735. The van der Waals surface area contributed by atoms with E-state index in [1.807, 2.05) is 13.8 Å². The molecule has 0 aromatic heterocycles. The molecular formula is C22H24O5. The molecule has 3 aliphatic rings. The minimum Gasteiger partial charge on any atom is -0.497 e. The number of methoxy groups -OCH3 is 2. The van der Waals surface area contributed by atoms with Gasteiger partial charge in [-0.1, -0.05) is 11.6 Å². The molecule has 0 saturated carbocycles. The lowest BCUT2D eigenvalue weighted by Crippen LogP contribution is -2.48. The molecule has 0 saturated heterocycles. The third kappa shape index (κ3) is 2.52. The Bertz CT molecular complexity index is 919. The van der Waals surface area contributed by atoms with E-state index in [4.69, 9.17) is 14.2 Å². The Morgan fingerprint density at radius 2 is 1.85 bits per heavy atom. The number of ether oxygens (including phenoxy) is 3. The Morgan fingerprint density at radius 1 is 1.11 bits per heavy atom. The van der Waals surface area contributed by atoms with Crippen molar-refractivity contribution in [3.63, 3.8) is 0 Å². The maximum atomic E-state index is 13.5. The van der Waals surface area contributed by atoms with E-state index in [1.54, 1.807) is 12.1 Å². The second-order valence-corrected chi connectivity index (χ2v) is 8.04. The van der Waals surface area contributed by atoms with Gasteiger partial charge in [-0.05, 0) is 39.7 Å². The van der Waals surface area contributed by atoms with Crippen LogP contribution in [0.2, 0.25) is 0 Å². The first-order valence-electron chi connectivity index (χ1n) is 9.24. The molecule has 142 valence electrons. The van der Waals surface area contributed by atoms with Crippen LogP contribution in [-0.2, 0) is 4.74 Å². The highest BCUT2D eigenvalue weighted by Gasteiger charge is 2.51. The van der Waals surface area contributed by atoms with Gasteiger partial charge in [0.2, 0.25) is 5.78 Å². The highest BCUT2D eigenvalue weighted by Crippen LogP contribution is 2.51. The Balaban J connectivity index is 1.96. The van der Waals surface area contributed by atoms with Crippen LogP contribution in [0.25, 0.3) is 0 Å². The van der Waals surface area contributed by atoms with Crippen LogP contribution in [0.15, 0.2) is 35.1 Å². The molecule has 4 rings (SSSR count). The molecule has 0 spiro atoms. The molecule has 2 aliphatic carbocycles. The van der Waals surface area contributed by atoms with Crippen molar-refractivity contribution in [2.45, 2.75) is 39.2 Å². The Hall–Kier alpha value is -2.56. The van der Waals surface area contributed by atoms with Gasteiger partial charge in [0.1, 0.15) is 17.1 Å². The van der Waals surface area contributed by atoms with Crippen LogP contribution in [0.5, 0.6) is 11.5 Å². The smallest absolute Gasteiger partial charge is 0.232 e. The number of benzene rings is 1. The topological polar surface area (TPSA) is 61.8 Å². The lowest BCUT2D eigenvalue weighted by atomic mass is 9.65. The molecule has 27 heavy (non-hydrogen) atoms. The number of hydrogen-bond donors (Lipinski definition) is 0. The van der Waals surface area contributed by atoms with Crippen molar-refractivity contribution in [1.82, 2.24) is 0 Å². The van der Waals surface area contributed by atoms with Gasteiger partial charge in [-0.25, -0.2) is 0 Å².